The summed E-state index contributed by atoms with van der Waals surface area (Å²) in [4.78, 5) is 53.6. The summed E-state index contributed by atoms with van der Waals surface area (Å²) in [5, 5.41) is 8.36. The Morgan fingerprint density at radius 1 is 0.760 bits per heavy atom. The van der Waals surface area contributed by atoms with Crippen molar-refractivity contribution in [2.24, 2.45) is 11.5 Å². The van der Waals surface area contributed by atoms with Gasteiger partial charge in [-0.05, 0) is 51.6 Å². The molecule has 1 unspecified atom stereocenters. The van der Waals surface area contributed by atoms with Crippen LogP contribution in [0.1, 0.15) is 135 Å². The van der Waals surface area contributed by atoms with Gasteiger partial charge in [-0.2, -0.15) is 0 Å². The van der Waals surface area contributed by atoms with Crippen molar-refractivity contribution >= 4 is 42.7 Å². The first kappa shape index (κ1) is 45.1. The zero-order valence-electron chi connectivity index (χ0n) is 30.9. The maximum atomic E-state index is 13.4. The number of nitrogens with two attached hydrogens (primary N) is 2. The Morgan fingerprint density at radius 3 is 1.86 bits per heavy atom. The van der Waals surface area contributed by atoms with E-state index in [1.807, 2.05) is 30.3 Å². The number of benzene rings is 1. The molecule has 50 heavy (non-hydrogen) atoms. The van der Waals surface area contributed by atoms with Crippen LogP contribution < -0.4 is 32.4 Å². The fourth-order valence-electron chi connectivity index (χ4n) is 5.70. The highest BCUT2D eigenvalue weighted by molar-refractivity contribution is 6.42. The van der Waals surface area contributed by atoms with E-state index in [9.17, 15) is 23.6 Å². The molecule has 1 aromatic rings. The summed E-state index contributed by atoms with van der Waals surface area (Å²) in [5.41, 5.74) is 10.6. The third-order valence-corrected chi connectivity index (χ3v) is 11.5. The smallest absolute Gasteiger partial charge is 0.378 e. The fraction of sp³-hybridized carbons (Fsp3) is 0.730. The Bertz CT molecular complexity index is 1130. The Morgan fingerprint density at radius 2 is 1.32 bits per heavy atom. The normalized spacial score (nSPS) is 14.1. The lowest BCUT2D eigenvalue weighted by Crippen LogP contribution is -2.56. The number of carbonyl (C=O) groups is 4. The molecule has 0 saturated heterocycles. The van der Waals surface area contributed by atoms with E-state index < -0.39 is 55.9 Å². The summed E-state index contributed by atoms with van der Waals surface area (Å²) in [5.74, 6) is -1.76. The molecule has 0 bridgehead atoms. The molecule has 0 aromatic heterocycles. The molecule has 1 aromatic carbocycles. The van der Waals surface area contributed by atoms with Crippen molar-refractivity contribution in [3.63, 3.8) is 0 Å². The van der Waals surface area contributed by atoms with Gasteiger partial charge in [-0.3, -0.25) is 19.2 Å². The number of nitrogens with one attached hydrogen (secondary N) is 4. The van der Waals surface area contributed by atoms with Crippen molar-refractivity contribution in [1.29, 1.82) is 0 Å². The number of hydrogen-bond acceptors (Lipinski definition) is 6. The lowest BCUT2D eigenvalue weighted by atomic mass is 10.0. The average Bonchev–Trinajstić information content (AvgIpc) is 3.09. The third kappa shape index (κ3) is 20.7. The first-order chi connectivity index (χ1) is 24.0. The molecule has 0 aliphatic carbocycles. The van der Waals surface area contributed by atoms with E-state index in [1.54, 1.807) is 13.8 Å². The van der Waals surface area contributed by atoms with Crippen LogP contribution in [0, 0.1) is 0 Å². The van der Waals surface area contributed by atoms with E-state index in [0.717, 1.165) is 31.2 Å². The van der Waals surface area contributed by atoms with Gasteiger partial charge < -0.3 is 36.9 Å². The Balaban J connectivity index is 2.49. The minimum atomic E-state index is -2.61. The second-order valence-electron chi connectivity index (χ2n) is 13.6. The van der Waals surface area contributed by atoms with E-state index in [-0.39, 0.29) is 12.3 Å². The van der Waals surface area contributed by atoms with Crippen LogP contribution in [-0.4, -0.2) is 73.1 Å². The molecule has 11 nitrogen and oxygen atoms in total. The van der Waals surface area contributed by atoms with Crippen LogP contribution in [0.3, 0.4) is 0 Å². The maximum Gasteiger partial charge on any atom is 0.416 e. The van der Waals surface area contributed by atoms with Gasteiger partial charge in [-0.15, -0.1) is 0 Å². The highest BCUT2D eigenvalue weighted by Gasteiger charge is 2.30. The van der Waals surface area contributed by atoms with E-state index >= 15 is 0 Å². The predicted octanol–water partition coefficient (Wildman–Crippen LogP) is 4.19. The summed E-state index contributed by atoms with van der Waals surface area (Å²) in [6.45, 7) is 5.98. The van der Waals surface area contributed by atoms with E-state index in [4.69, 9.17) is 11.5 Å². The van der Waals surface area contributed by atoms with Crippen LogP contribution in [0.25, 0.3) is 0 Å². The fourth-order valence-corrected chi connectivity index (χ4v) is 7.39. The maximum absolute atomic E-state index is 13.4. The molecule has 0 spiro atoms. The zero-order chi connectivity index (χ0) is 37.1. The molecule has 0 saturated carbocycles. The van der Waals surface area contributed by atoms with Crippen LogP contribution >= 0.6 is 0 Å². The van der Waals surface area contributed by atoms with E-state index in [0.29, 0.717) is 25.8 Å². The van der Waals surface area contributed by atoms with Gasteiger partial charge >= 0.3 is 8.84 Å². The molecule has 0 aliphatic rings. The van der Waals surface area contributed by atoms with Gasteiger partial charge in [-0.25, -0.2) is 0 Å². The number of carbonyl (C=O) groups excluding carboxylic acids is 4. The molecular weight excluding hydrogens is 665 g/mol. The molecule has 1 rings (SSSR count). The van der Waals surface area contributed by atoms with Crippen LogP contribution in [0.5, 0.6) is 0 Å². The minimum absolute atomic E-state index is 0.133. The zero-order valence-corrected chi connectivity index (χ0v) is 32.9. The molecule has 8 N–H and O–H groups in total. The second-order valence-corrected chi connectivity index (χ2v) is 15.9. The SMILES string of the molecule is CCCCCCCCCCCCCCCC(=O)N[C@@H](CCCCN)[Si](=O)N[C@@H](C)C(=O)N[C@@H](C)C([Si])C(=O)N[C@@H](Cc1ccccc1)C(N)=O. The number of rotatable bonds is 30. The lowest BCUT2D eigenvalue weighted by molar-refractivity contribution is -0.128. The predicted molar refractivity (Wildman–Crippen MR) is 203 cm³/mol. The molecule has 13 heteroatoms. The number of amides is 4. The Kier molecular flexibility index (Phi) is 25.1. The molecular formula is C37H65N6O5Si2. The van der Waals surface area contributed by atoms with Crippen molar-refractivity contribution in [1.82, 2.24) is 20.9 Å². The molecule has 281 valence electrons. The van der Waals surface area contributed by atoms with Gasteiger partial charge in [0.2, 0.25) is 23.6 Å². The Hall–Kier alpha value is -2.91. The van der Waals surface area contributed by atoms with Crippen molar-refractivity contribution in [2.75, 3.05) is 6.54 Å². The number of unbranched alkanes of at least 4 members (excludes halogenated alkanes) is 13. The van der Waals surface area contributed by atoms with Crippen LogP contribution in [-0.2, 0) is 30.1 Å². The third-order valence-electron chi connectivity index (χ3n) is 8.95. The molecule has 5 atom stereocenters. The van der Waals surface area contributed by atoms with Gasteiger partial charge in [0.25, 0.3) is 0 Å². The second kappa shape index (κ2) is 27.8. The summed E-state index contributed by atoms with van der Waals surface area (Å²) in [6, 6.07) is 6.76. The summed E-state index contributed by atoms with van der Waals surface area (Å²) in [6.07, 6.45) is 18.5. The molecule has 0 aliphatic heterocycles. The number of primary amides is 1. The largest absolute Gasteiger partial charge is 0.416 e. The number of hydrogen-bond donors (Lipinski definition) is 6. The van der Waals surface area contributed by atoms with Crippen LogP contribution in [0.4, 0.5) is 0 Å². The average molecular weight is 730 g/mol. The molecule has 0 fully saturated rings. The standard InChI is InChI=1S/C37H65N6O5Si2/c1-4-5-6-7-8-9-10-11-12-13-14-15-19-24-32(44)42-33(25-20-21-26-38)50(48)43-29(3)36(46)40-28(2)34(49)37(47)41-31(35(39)45)27-30-22-17-16-18-23-30/h16-18,22-23,28-29,31,33-34,43H,4-15,19-21,24-27,38H2,1-3H3,(H2,39,45)(H,40,46)(H,41,47)(H,42,44)/t28-,29-,31-,33+,34?/m0/s1. The van der Waals surface area contributed by atoms with Crippen molar-refractivity contribution in [3.05, 3.63) is 35.9 Å². The first-order valence-electron chi connectivity index (χ1n) is 18.9. The topological polar surface area (TPSA) is 186 Å². The Labute approximate surface area is 306 Å². The quantitative estimate of drug-likeness (QED) is 0.0506. The summed E-state index contributed by atoms with van der Waals surface area (Å²) < 4.78 is 13.4. The van der Waals surface area contributed by atoms with Crippen molar-refractivity contribution in [3.8, 4) is 0 Å². The summed E-state index contributed by atoms with van der Waals surface area (Å²) in [7, 11) is 0.785. The van der Waals surface area contributed by atoms with Crippen LogP contribution in [0.2, 0.25) is 5.54 Å². The van der Waals surface area contributed by atoms with Gasteiger partial charge in [0, 0.05) is 34.7 Å². The lowest BCUT2D eigenvalue weighted by Gasteiger charge is -2.25. The van der Waals surface area contributed by atoms with Gasteiger partial charge in [0.05, 0.1) is 11.7 Å². The van der Waals surface area contributed by atoms with Gasteiger partial charge in [0.1, 0.15) is 6.04 Å². The summed E-state index contributed by atoms with van der Waals surface area (Å²) >= 11 is 0. The van der Waals surface area contributed by atoms with E-state index in [1.165, 1.54) is 64.2 Å². The van der Waals surface area contributed by atoms with Gasteiger partial charge in [0.15, 0.2) is 0 Å². The van der Waals surface area contributed by atoms with Crippen molar-refractivity contribution in [2.45, 2.75) is 166 Å². The molecule has 0 heterocycles. The highest BCUT2D eigenvalue weighted by Crippen LogP contribution is 2.14. The highest BCUT2D eigenvalue weighted by atomic mass is 28.3. The molecule has 4 amide bonds. The van der Waals surface area contributed by atoms with E-state index in [2.05, 4.69) is 38.1 Å². The van der Waals surface area contributed by atoms with Crippen LogP contribution in [0.15, 0.2) is 30.3 Å². The minimum Gasteiger partial charge on any atom is -0.378 e. The first-order valence-corrected chi connectivity index (χ1v) is 21.0. The van der Waals surface area contributed by atoms with Gasteiger partial charge in [-0.1, -0.05) is 114 Å². The van der Waals surface area contributed by atoms with Crippen molar-refractivity contribution < 1.29 is 23.6 Å². The monoisotopic (exact) mass is 729 g/mol. The molecule has 3 radical (unpaired) electrons.